The number of benzene rings is 2. The van der Waals surface area contributed by atoms with E-state index in [1.54, 1.807) is 0 Å². The van der Waals surface area contributed by atoms with Crippen LogP contribution in [0.3, 0.4) is 0 Å². The first-order chi connectivity index (χ1) is 11.6. The molecular formula is C20H20N2O2. The number of hydrogen-bond acceptors (Lipinski definition) is 3. The van der Waals surface area contributed by atoms with Gasteiger partial charge in [0.05, 0.1) is 23.1 Å². The SMILES string of the molecule is CC1=NN(c2ccccc2)C(=O)/C1=C\c1ccccc1OC(C)C. The summed E-state index contributed by atoms with van der Waals surface area (Å²) in [4.78, 5) is 12.8. The molecule has 3 rings (SSSR count). The number of hydrazone groups is 1. The fourth-order valence-electron chi connectivity index (χ4n) is 2.55. The quantitative estimate of drug-likeness (QED) is 0.789. The van der Waals surface area contributed by atoms with Gasteiger partial charge in [0, 0.05) is 5.56 Å². The van der Waals surface area contributed by atoms with Crippen LogP contribution in [0, 0.1) is 0 Å². The van der Waals surface area contributed by atoms with E-state index >= 15 is 0 Å². The monoisotopic (exact) mass is 320 g/mol. The van der Waals surface area contributed by atoms with Gasteiger partial charge in [0.1, 0.15) is 5.75 Å². The largest absolute Gasteiger partial charge is 0.490 e. The van der Waals surface area contributed by atoms with E-state index in [0.29, 0.717) is 11.3 Å². The van der Waals surface area contributed by atoms with Crippen LogP contribution in [-0.2, 0) is 4.79 Å². The number of ether oxygens (including phenoxy) is 1. The average molecular weight is 320 g/mol. The van der Waals surface area contributed by atoms with Crippen LogP contribution in [0.2, 0.25) is 0 Å². The molecule has 2 aromatic rings. The van der Waals surface area contributed by atoms with Crippen LogP contribution in [0.5, 0.6) is 5.75 Å². The lowest BCUT2D eigenvalue weighted by atomic mass is 10.1. The fraction of sp³-hybridized carbons (Fsp3) is 0.200. The Kier molecular flexibility index (Phi) is 4.47. The van der Waals surface area contributed by atoms with Gasteiger partial charge in [-0.1, -0.05) is 36.4 Å². The lowest BCUT2D eigenvalue weighted by Crippen LogP contribution is -2.21. The van der Waals surface area contributed by atoms with Crippen molar-refractivity contribution in [2.45, 2.75) is 26.9 Å². The number of amides is 1. The van der Waals surface area contributed by atoms with Gasteiger partial charge in [-0.25, -0.2) is 0 Å². The highest BCUT2D eigenvalue weighted by Crippen LogP contribution is 2.27. The summed E-state index contributed by atoms with van der Waals surface area (Å²) < 4.78 is 5.83. The third-order valence-electron chi connectivity index (χ3n) is 3.64. The van der Waals surface area contributed by atoms with Gasteiger partial charge >= 0.3 is 0 Å². The minimum atomic E-state index is -0.127. The minimum absolute atomic E-state index is 0.0689. The van der Waals surface area contributed by atoms with Crippen LogP contribution >= 0.6 is 0 Å². The summed E-state index contributed by atoms with van der Waals surface area (Å²) in [6, 6.07) is 17.1. The number of carbonyl (C=O) groups excluding carboxylic acids is 1. The molecule has 1 amide bonds. The number of carbonyl (C=O) groups is 1. The molecule has 0 saturated carbocycles. The average Bonchev–Trinajstić information content (AvgIpc) is 2.85. The Balaban J connectivity index is 1.95. The molecule has 0 atom stereocenters. The number of anilines is 1. The molecule has 4 nitrogen and oxygen atoms in total. The summed E-state index contributed by atoms with van der Waals surface area (Å²) >= 11 is 0. The number of para-hydroxylation sites is 2. The summed E-state index contributed by atoms with van der Waals surface area (Å²) in [7, 11) is 0. The van der Waals surface area contributed by atoms with Crippen molar-refractivity contribution in [3.05, 3.63) is 65.7 Å². The lowest BCUT2D eigenvalue weighted by Gasteiger charge is -2.13. The third kappa shape index (κ3) is 3.23. The molecule has 1 aliphatic rings. The maximum absolute atomic E-state index is 12.8. The van der Waals surface area contributed by atoms with Crippen LogP contribution in [-0.4, -0.2) is 17.7 Å². The molecule has 1 aliphatic heterocycles. The maximum atomic E-state index is 12.8. The van der Waals surface area contributed by atoms with Crippen LogP contribution in [0.4, 0.5) is 5.69 Å². The normalized spacial score (nSPS) is 16.0. The third-order valence-corrected chi connectivity index (χ3v) is 3.64. The van der Waals surface area contributed by atoms with E-state index in [0.717, 1.165) is 17.0 Å². The van der Waals surface area contributed by atoms with E-state index < -0.39 is 0 Å². The molecule has 122 valence electrons. The number of rotatable bonds is 4. The Morgan fingerprint density at radius 3 is 2.42 bits per heavy atom. The summed E-state index contributed by atoms with van der Waals surface area (Å²) in [6.45, 7) is 5.81. The molecule has 0 saturated heterocycles. The van der Waals surface area contributed by atoms with E-state index in [-0.39, 0.29) is 12.0 Å². The van der Waals surface area contributed by atoms with Gasteiger partial charge in [-0.2, -0.15) is 10.1 Å². The Morgan fingerprint density at radius 2 is 1.71 bits per heavy atom. The molecule has 1 heterocycles. The fourth-order valence-corrected chi connectivity index (χ4v) is 2.55. The highest BCUT2D eigenvalue weighted by atomic mass is 16.5. The van der Waals surface area contributed by atoms with E-state index in [1.807, 2.05) is 81.4 Å². The van der Waals surface area contributed by atoms with Gasteiger partial charge < -0.3 is 4.74 Å². The second-order valence-electron chi connectivity index (χ2n) is 5.90. The molecular weight excluding hydrogens is 300 g/mol. The van der Waals surface area contributed by atoms with Gasteiger partial charge in [-0.3, -0.25) is 4.79 Å². The van der Waals surface area contributed by atoms with E-state index in [1.165, 1.54) is 5.01 Å². The molecule has 24 heavy (non-hydrogen) atoms. The van der Waals surface area contributed by atoms with Crippen molar-refractivity contribution >= 4 is 23.4 Å². The Hall–Kier alpha value is -2.88. The van der Waals surface area contributed by atoms with E-state index in [4.69, 9.17) is 4.74 Å². The first-order valence-electron chi connectivity index (χ1n) is 7.98. The van der Waals surface area contributed by atoms with Crippen molar-refractivity contribution in [1.29, 1.82) is 0 Å². The van der Waals surface area contributed by atoms with Gasteiger partial charge in [0.25, 0.3) is 5.91 Å². The van der Waals surface area contributed by atoms with Crippen LogP contribution in [0.1, 0.15) is 26.3 Å². The van der Waals surface area contributed by atoms with Gasteiger partial charge in [0.15, 0.2) is 0 Å². The van der Waals surface area contributed by atoms with Crippen molar-refractivity contribution in [2.75, 3.05) is 5.01 Å². The predicted molar refractivity (Wildman–Crippen MR) is 97.2 cm³/mol. The second kappa shape index (κ2) is 6.71. The predicted octanol–water partition coefficient (Wildman–Crippen LogP) is 4.28. The van der Waals surface area contributed by atoms with E-state index in [9.17, 15) is 4.79 Å². The molecule has 0 bridgehead atoms. The number of nitrogens with zero attached hydrogens (tertiary/aromatic N) is 2. The first kappa shape index (κ1) is 16.0. The maximum Gasteiger partial charge on any atom is 0.280 e. The molecule has 0 radical (unpaired) electrons. The standard InChI is InChI=1S/C20H20N2O2/c1-14(2)24-19-12-8-7-9-16(19)13-18-15(3)21-22(20(18)23)17-10-5-4-6-11-17/h4-14H,1-3H3/b18-13-. The van der Waals surface area contributed by atoms with Crippen LogP contribution in [0.15, 0.2) is 65.3 Å². The highest BCUT2D eigenvalue weighted by molar-refractivity contribution is 6.32. The first-order valence-corrected chi connectivity index (χ1v) is 7.98. The molecule has 0 spiro atoms. The Bertz CT molecular complexity index is 807. The van der Waals surface area contributed by atoms with Gasteiger partial charge in [0.2, 0.25) is 0 Å². The van der Waals surface area contributed by atoms with Crippen LogP contribution in [0.25, 0.3) is 6.08 Å². The summed E-state index contributed by atoms with van der Waals surface area (Å²) in [5, 5.41) is 5.84. The zero-order valence-electron chi connectivity index (χ0n) is 14.1. The van der Waals surface area contributed by atoms with Gasteiger partial charge in [-0.05, 0) is 45.0 Å². The Morgan fingerprint density at radius 1 is 1.04 bits per heavy atom. The molecule has 0 unspecified atom stereocenters. The lowest BCUT2D eigenvalue weighted by molar-refractivity contribution is -0.114. The minimum Gasteiger partial charge on any atom is -0.490 e. The van der Waals surface area contributed by atoms with Crippen molar-refractivity contribution in [1.82, 2.24) is 0 Å². The smallest absolute Gasteiger partial charge is 0.280 e. The zero-order chi connectivity index (χ0) is 17.1. The Labute approximate surface area is 142 Å². The van der Waals surface area contributed by atoms with Crippen molar-refractivity contribution in [3.63, 3.8) is 0 Å². The summed E-state index contributed by atoms with van der Waals surface area (Å²) in [5.41, 5.74) is 2.91. The summed E-state index contributed by atoms with van der Waals surface area (Å²) in [6.07, 6.45) is 1.92. The van der Waals surface area contributed by atoms with Gasteiger partial charge in [-0.15, -0.1) is 0 Å². The molecule has 0 fully saturated rings. The molecule has 0 N–H and O–H groups in total. The van der Waals surface area contributed by atoms with E-state index in [2.05, 4.69) is 5.10 Å². The molecule has 0 aromatic heterocycles. The summed E-state index contributed by atoms with van der Waals surface area (Å²) in [5.74, 6) is 0.636. The van der Waals surface area contributed by atoms with Crippen molar-refractivity contribution in [3.8, 4) is 5.75 Å². The van der Waals surface area contributed by atoms with Crippen molar-refractivity contribution in [2.24, 2.45) is 5.10 Å². The molecule has 0 aliphatic carbocycles. The highest BCUT2D eigenvalue weighted by Gasteiger charge is 2.28. The van der Waals surface area contributed by atoms with Crippen LogP contribution < -0.4 is 9.75 Å². The molecule has 2 aromatic carbocycles. The topological polar surface area (TPSA) is 41.9 Å². The number of hydrogen-bond donors (Lipinski definition) is 0. The zero-order valence-corrected chi connectivity index (χ0v) is 14.1. The van der Waals surface area contributed by atoms with Crippen molar-refractivity contribution < 1.29 is 9.53 Å². The molecule has 4 heteroatoms. The second-order valence-corrected chi connectivity index (χ2v) is 5.90.